The number of carbonyl (C=O) groups excluding carboxylic acids is 4. The normalized spacial score (nSPS) is 18.4. The highest BCUT2D eigenvalue weighted by Gasteiger charge is 2.37. The molecule has 1 aliphatic rings. The van der Waals surface area contributed by atoms with Gasteiger partial charge in [0.05, 0.1) is 6.42 Å². The van der Waals surface area contributed by atoms with E-state index in [0.29, 0.717) is 11.1 Å². The molecule has 0 spiro atoms. The molecule has 3 rings (SSSR count). The molecule has 1 fully saturated rings. The average molecular weight is 487 g/mol. The first kappa shape index (κ1) is 24.9. The number of sulfonamides is 1. The fraction of sp³-hybridized carbons (Fsp3) is 0.304. The monoisotopic (exact) mass is 486 g/mol. The van der Waals surface area contributed by atoms with Gasteiger partial charge in [-0.25, -0.2) is 8.42 Å². The van der Waals surface area contributed by atoms with Crippen molar-refractivity contribution in [1.82, 2.24) is 15.4 Å². The van der Waals surface area contributed by atoms with Crippen LogP contribution in [0.3, 0.4) is 0 Å². The van der Waals surface area contributed by atoms with Gasteiger partial charge in [-0.3, -0.25) is 23.9 Å². The Kier molecular flexibility index (Phi) is 7.67. The van der Waals surface area contributed by atoms with Crippen molar-refractivity contribution in [2.24, 2.45) is 5.73 Å². The predicted molar refractivity (Wildman–Crippen MR) is 123 cm³/mol. The highest BCUT2D eigenvalue weighted by atomic mass is 32.2. The summed E-state index contributed by atoms with van der Waals surface area (Å²) in [5.41, 5.74) is 7.40. The highest BCUT2D eigenvalue weighted by molar-refractivity contribution is 7.90. The van der Waals surface area contributed by atoms with Gasteiger partial charge in [0, 0.05) is 19.8 Å². The van der Waals surface area contributed by atoms with Crippen molar-refractivity contribution in [1.29, 1.82) is 0 Å². The third-order valence-corrected chi connectivity index (χ3v) is 7.13. The second-order valence-corrected chi connectivity index (χ2v) is 9.98. The molecule has 1 saturated heterocycles. The third kappa shape index (κ3) is 6.41. The lowest BCUT2D eigenvalue weighted by Crippen LogP contribution is -2.54. The number of nitrogens with one attached hydrogen (secondary N) is 3. The SMILES string of the molecule is CC(=O)N[C@@H](Cc1ccccc1)C(=O)N[C@@H](Cc1ccc([C@H]2CC(=O)NS2(=O)=O)cc1)C(N)=O. The molecule has 34 heavy (non-hydrogen) atoms. The lowest BCUT2D eigenvalue weighted by atomic mass is 10.0. The van der Waals surface area contributed by atoms with Gasteiger partial charge in [-0.05, 0) is 16.7 Å². The molecule has 0 bridgehead atoms. The lowest BCUT2D eigenvalue weighted by molar-refractivity contribution is -0.130. The van der Waals surface area contributed by atoms with Crippen LogP contribution in [0.25, 0.3) is 0 Å². The molecule has 0 aliphatic carbocycles. The van der Waals surface area contributed by atoms with E-state index in [9.17, 15) is 27.6 Å². The maximum absolute atomic E-state index is 12.9. The van der Waals surface area contributed by atoms with Crippen molar-refractivity contribution in [3.8, 4) is 0 Å². The number of amides is 4. The van der Waals surface area contributed by atoms with Crippen LogP contribution >= 0.6 is 0 Å². The Bertz CT molecular complexity index is 1180. The van der Waals surface area contributed by atoms with Crippen molar-refractivity contribution in [2.75, 3.05) is 0 Å². The summed E-state index contributed by atoms with van der Waals surface area (Å²) in [6.45, 7) is 1.30. The van der Waals surface area contributed by atoms with E-state index in [1.165, 1.54) is 6.92 Å². The first-order valence-corrected chi connectivity index (χ1v) is 12.1. The molecule has 5 N–H and O–H groups in total. The van der Waals surface area contributed by atoms with Crippen LogP contribution in [0.2, 0.25) is 0 Å². The first-order chi connectivity index (χ1) is 16.0. The summed E-state index contributed by atoms with van der Waals surface area (Å²) in [6, 6.07) is 13.5. The number of nitrogens with two attached hydrogens (primary N) is 1. The van der Waals surface area contributed by atoms with Crippen molar-refractivity contribution >= 4 is 33.7 Å². The molecule has 1 aliphatic heterocycles. The van der Waals surface area contributed by atoms with E-state index in [2.05, 4.69) is 10.6 Å². The van der Waals surface area contributed by atoms with Crippen LogP contribution in [0.15, 0.2) is 54.6 Å². The molecule has 4 amide bonds. The summed E-state index contributed by atoms with van der Waals surface area (Å²) in [7, 11) is -3.77. The molecular formula is C23H26N4O6S. The van der Waals surface area contributed by atoms with Crippen LogP contribution in [0, 0.1) is 0 Å². The lowest BCUT2D eigenvalue weighted by Gasteiger charge is -2.22. The summed E-state index contributed by atoms with van der Waals surface area (Å²) in [5, 5.41) is 4.22. The summed E-state index contributed by atoms with van der Waals surface area (Å²) in [4.78, 5) is 48.0. The summed E-state index contributed by atoms with van der Waals surface area (Å²) in [5.74, 6) is -2.26. The van der Waals surface area contributed by atoms with Crippen molar-refractivity contribution in [2.45, 2.75) is 43.5 Å². The van der Waals surface area contributed by atoms with Crippen molar-refractivity contribution in [3.05, 3.63) is 71.3 Å². The largest absolute Gasteiger partial charge is 0.368 e. The van der Waals surface area contributed by atoms with E-state index in [4.69, 9.17) is 5.73 Å². The van der Waals surface area contributed by atoms with Gasteiger partial charge in [-0.15, -0.1) is 0 Å². The minimum atomic E-state index is -3.77. The number of benzene rings is 2. The zero-order valence-corrected chi connectivity index (χ0v) is 19.3. The Morgan fingerprint density at radius 3 is 2.09 bits per heavy atom. The van der Waals surface area contributed by atoms with Crippen LogP contribution in [-0.4, -0.2) is 44.1 Å². The minimum Gasteiger partial charge on any atom is -0.368 e. The first-order valence-electron chi connectivity index (χ1n) is 10.6. The molecule has 11 heteroatoms. The predicted octanol–water partition coefficient (Wildman–Crippen LogP) is -0.163. The van der Waals surface area contributed by atoms with Gasteiger partial charge in [0.1, 0.15) is 17.3 Å². The van der Waals surface area contributed by atoms with Crippen LogP contribution in [0.5, 0.6) is 0 Å². The fourth-order valence-corrected chi connectivity index (χ4v) is 5.18. The Morgan fingerprint density at radius 2 is 1.56 bits per heavy atom. The van der Waals surface area contributed by atoms with Crippen LogP contribution in [0.1, 0.15) is 35.3 Å². The Labute approximate surface area is 197 Å². The summed E-state index contributed by atoms with van der Waals surface area (Å²) < 4.78 is 26.1. The number of rotatable bonds is 9. The van der Waals surface area contributed by atoms with Gasteiger partial charge in [-0.1, -0.05) is 54.6 Å². The van der Waals surface area contributed by atoms with E-state index in [-0.39, 0.29) is 19.3 Å². The topological polar surface area (TPSA) is 165 Å². The van der Waals surface area contributed by atoms with Crippen LogP contribution < -0.4 is 21.1 Å². The molecule has 0 unspecified atom stereocenters. The standard InChI is InChI=1S/C23H26N4O6S/c1-14(28)25-19(12-15-5-3-2-4-6-15)23(31)26-18(22(24)30)11-16-7-9-17(10-8-16)20-13-21(29)27-34(20,32)33/h2-10,18-20H,11-13H2,1H3,(H2,24,30)(H,25,28)(H,26,31)(H,27,29)/t18-,19-,20+/m0/s1. The minimum absolute atomic E-state index is 0.0636. The maximum atomic E-state index is 12.9. The van der Waals surface area contributed by atoms with Crippen molar-refractivity contribution < 1.29 is 27.6 Å². The fourth-order valence-electron chi connectivity index (χ4n) is 3.75. The smallest absolute Gasteiger partial charge is 0.243 e. The summed E-state index contributed by atoms with van der Waals surface area (Å²) in [6.07, 6.45) is 0.136. The number of carbonyl (C=O) groups is 4. The van der Waals surface area contributed by atoms with Crippen LogP contribution in [0.4, 0.5) is 0 Å². The highest BCUT2D eigenvalue weighted by Crippen LogP contribution is 2.30. The second-order valence-electron chi connectivity index (χ2n) is 8.12. The number of hydrogen-bond acceptors (Lipinski definition) is 6. The number of primary amides is 1. The second kappa shape index (κ2) is 10.5. The molecule has 0 aromatic heterocycles. The molecule has 1 heterocycles. The molecule has 0 radical (unpaired) electrons. The molecule has 3 atom stereocenters. The van der Waals surface area contributed by atoms with Crippen LogP contribution in [-0.2, 0) is 42.0 Å². The summed E-state index contributed by atoms with van der Waals surface area (Å²) >= 11 is 0. The van der Waals surface area contributed by atoms with Gasteiger partial charge < -0.3 is 16.4 Å². The molecule has 10 nitrogen and oxygen atoms in total. The van der Waals surface area contributed by atoms with Gasteiger partial charge in [0.15, 0.2) is 0 Å². The molecule has 180 valence electrons. The maximum Gasteiger partial charge on any atom is 0.243 e. The Balaban J connectivity index is 1.70. The Hall–Kier alpha value is -3.73. The van der Waals surface area contributed by atoms with Gasteiger partial charge in [-0.2, -0.15) is 0 Å². The molecular weight excluding hydrogens is 460 g/mol. The van der Waals surface area contributed by atoms with Gasteiger partial charge in [0.2, 0.25) is 33.7 Å². The van der Waals surface area contributed by atoms with E-state index in [0.717, 1.165) is 5.56 Å². The Morgan fingerprint density at radius 1 is 0.971 bits per heavy atom. The van der Waals surface area contributed by atoms with Gasteiger partial charge >= 0.3 is 0 Å². The van der Waals surface area contributed by atoms with Gasteiger partial charge in [0.25, 0.3) is 0 Å². The molecule has 2 aromatic carbocycles. The van der Waals surface area contributed by atoms with Crippen molar-refractivity contribution in [3.63, 3.8) is 0 Å². The molecule has 0 saturated carbocycles. The zero-order chi connectivity index (χ0) is 24.9. The molecule has 2 aromatic rings. The van der Waals surface area contributed by atoms with E-state index in [1.807, 2.05) is 35.1 Å². The van der Waals surface area contributed by atoms with E-state index in [1.54, 1.807) is 24.3 Å². The van der Waals surface area contributed by atoms with E-state index < -0.39 is 51.0 Å². The quantitative estimate of drug-likeness (QED) is 0.384. The number of hydrogen-bond donors (Lipinski definition) is 4. The average Bonchev–Trinajstić information content (AvgIpc) is 3.05. The third-order valence-electron chi connectivity index (χ3n) is 5.43. The zero-order valence-electron chi connectivity index (χ0n) is 18.5. The van der Waals surface area contributed by atoms with E-state index >= 15 is 0 Å².